The van der Waals surface area contributed by atoms with Crippen LogP contribution in [0.1, 0.15) is 6.42 Å². The van der Waals surface area contributed by atoms with E-state index in [2.05, 4.69) is 0 Å². The summed E-state index contributed by atoms with van der Waals surface area (Å²) in [5.41, 5.74) is 0. The van der Waals surface area contributed by atoms with E-state index in [4.69, 9.17) is 14.6 Å². The summed E-state index contributed by atoms with van der Waals surface area (Å²) in [6, 6.07) is 0. The van der Waals surface area contributed by atoms with Gasteiger partial charge in [-0.25, -0.2) is 0 Å². The molecule has 3 heteroatoms. The van der Waals surface area contributed by atoms with Gasteiger partial charge in [0.05, 0.1) is 6.61 Å². The zero-order valence-electron chi connectivity index (χ0n) is 5.41. The molecule has 0 aliphatic carbocycles. The molecular formula is C7H8O3. The highest BCUT2D eigenvalue weighted by Crippen LogP contribution is 2.25. The van der Waals surface area contributed by atoms with Crippen molar-refractivity contribution in [1.82, 2.24) is 0 Å². The Morgan fingerprint density at radius 1 is 1.50 bits per heavy atom. The fourth-order valence-corrected chi connectivity index (χ4v) is 1.13. The smallest absolute Gasteiger partial charge is 0.277 e. The molecule has 0 spiro atoms. The molecule has 0 aromatic heterocycles. The van der Waals surface area contributed by atoms with Crippen molar-refractivity contribution >= 4 is 0 Å². The van der Waals surface area contributed by atoms with E-state index in [1.807, 2.05) is 0 Å². The first-order valence-corrected chi connectivity index (χ1v) is 3.26. The van der Waals surface area contributed by atoms with E-state index in [9.17, 15) is 0 Å². The molecule has 1 saturated heterocycles. The van der Waals surface area contributed by atoms with Crippen LogP contribution in [0.2, 0.25) is 0 Å². The summed E-state index contributed by atoms with van der Waals surface area (Å²) < 4.78 is 10.2. The molecule has 0 amide bonds. The molecule has 0 saturated carbocycles. The minimum Gasteiger partial charge on any atom is -0.494 e. The van der Waals surface area contributed by atoms with Crippen molar-refractivity contribution in [3.05, 3.63) is 23.9 Å². The standard InChI is InChI=1S/C7H8O3/c8-7-2-1-5-6(10-7)3-4-9-5/h1-2,6,8H,3-4H2. The molecule has 0 aromatic carbocycles. The first-order valence-electron chi connectivity index (χ1n) is 3.26. The largest absolute Gasteiger partial charge is 0.494 e. The Bertz CT molecular complexity index is 205. The lowest BCUT2D eigenvalue weighted by Gasteiger charge is -2.14. The van der Waals surface area contributed by atoms with Gasteiger partial charge >= 0.3 is 0 Å². The van der Waals surface area contributed by atoms with Crippen LogP contribution in [0.3, 0.4) is 0 Å². The molecule has 1 atom stereocenters. The summed E-state index contributed by atoms with van der Waals surface area (Å²) >= 11 is 0. The molecule has 2 rings (SSSR count). The predicted molar refractivity (Wildman–Crippen MR) is 34.2 cm³/mol. The van der Waals surface area contributed by atoms with Crippen molar-refractivity contribution in [1.29, 1.82) is 0 Å². The number of ether oxygens (including phenoxy) is 2. The van der Waals surface area contributed by atoms with Crippen molar-refractivity contribution < 1.29 is 14.6 Å². The summed E-state index contributed by atoms with van der Waals surface area (Å²) in [4.78, 5) is 0. The van der Waals surface area contributed by atoms with Crippen LogP contribution in [0.4, 0.5) is 0 Å². The highest BCUT2D eigenvalue weighted by molar-refractivity contribution is 5.18. The molecule has 1 N–H and O–H groups in total. The van der Waals surface area contributed by atoms with Gasteiger partial charge in [-0.05, 0) is 6.08 Å². The first kappa shape index (κ1) is 5.65. The van der Waals surface area contributed by atoms with Crippen molar-refractivity contribution in [3.63, 3.8) is 0 Å². The lowest BCUT2D eigenvalue weighted by molar-refractivity contribution is 0.0443. The maximum atomic E-state index is 8.90. The van der Waals surface area contributed by atoms with E-state index < -0.39 is 0 Å². The van der Waals surface area contributed by atoms with Gasteiger partial charge in [-0.1, -0.05) is 0 Å². The van der Waals surface area contributed by atoms with Crippen LogP contribution in [0, 0.1) is 0 Å². The molecule has 3 nitrogen and oxygen atoms in total. The summed E-state index contributed by atoms with van der Waals surface area (Å²) in [6.07, 6.45) is 4.04. The third kappa shape index (κ3) is 0.744. The number of hydrogen-bond acceptors (Lipinski definition) is 3. The maximum absolute atomic E-state index is 8.90. The van der Waals surface area contributed by atoms with Gasteiger partial charge < -0.3 is 14.6 Å². The monoisotopic (exact) mass is 140 g/mol. The SMILES string of the molecule is OC1=CC=C2OCCC2O1. The molecule has 1 unspecified atom stereocenters. The topological polar surface area (TPSA) is 38.7 Å². The van der Waals surface area contributed by atoms with Gasteiger partial charge in [0.25, 0.3) is 5.95 Å². The molecular weight excluding hydrogens is 132 g/mol. The number of hydrogen-bond donors (Lipinski definition) is 1. The zero-order valence-corrected chi connectivity index (χ0v) is 5.41. The Balaban J connectivity index is 2.22. The molecule has 2 heterocycles. The molecule has 1 fully saturated rings. The van der Waals surface area contributed by atoms with Gasteiger partial charge in [0, 0.05) is 12.5 Å². The average Bonchev–Trinajstić information content (AvgIpc) is 2.33. The second-order valence-corrected chi connectivity index (χ2v) is 2.32. The first-order chi connectivity index (χ1) is 4.86. The highest BCUT2D eigenvalue weighted by Gasteiger charge is 2.26. The Hall–Kier alpha value is -1.12. The Morgan fingerprint density at radius 3 is 3.30 bits per heavy atom. The van der Waals surface area contributed by atoms with Gasteiger partial charge in [-0.2, -0.15) is 0 Å². The zero-order chi connectivity index (χ0) is 6.97. The van der Waals surface area contributed by atoms with Gasteiger partial charge in [-0.3, -0.25) is 0 Å². The molecule has 0 radical (unpaired) electrons. The van der Waals surface area contributed by atoms with E-state index >= 15 is 0 Å². The van der Waals surface area contributed by atoms with Crippen molar-refractivity contribution in [2.75, 3.05) is 6.61 Å². The third-order valence-corrected chi connectivity index (χ3v) is 1.62. The number of fused-ring (bicyclic) bond motifs is 1. The fraction of sp³-hybridized carbons (Fsp3) is 0.429. The molecule has 54 valence electrons. The number of aliphatic hydroxyl groups excluding tert-OH is 1. The van der Waals surface area contributed by atoms with E-state index in [1.165, 1.54) is 6.08 Å². The van der Waals surface area contributed by atoms with Gasteiger partial charge in [0.15, 0.2) is 6.10 Å². The normalized spacial score (nSPS) is 29.4. The fourth-order valence-electron chi connectivity index (χ4n) is 1.13. The number of aliphatic hydroxyl groups is 1. The maximum Gasteiger partial charge on any atom is 0.277 e. The van der Waals surface area contributed by atoms with E-state index in [0.29, 0.717) is 6.61 Å². The van der Waals surface area contributed by atoms with E-state index in [-0.39, 0.29) is 12.0 Å². The van der Waals surface area contributed by atoms with Crippen LogP contribution >= 0.6 is 0 Å². The quantitative estimate of drug-likeness (QED) is 0.547. The van der Waals surface area contributed by atoms with Crippen LogP contribution in [0.15, 0.2) is 23.9 Å². The summed E-state index contributed by atoms with van der Waals surface area (Å²) in [7, 11) is 0. The average molecular weight is 140 g/mol. The van der Waals surface area contributed by atoms with Gasteiger partial charge in [0.2, 0.25) is 0 Å². The highest BCUT2D eigenvalue weighted by atomic mass is 16.6. The Kier molecular flexibility index (Phi) is 1.09. The van der Waals surface area contributed by atoms with Crippen LogP contribution in [-0.2, 0) is 9.47 Å². The molecule has 0 bridgehead atoms. The molecule has 0 aromatic rings. The number of allylic oxidation sites excluding steroid dienone is 2. The van der Waals surface area contributed by atoms with Gasteiger partial charge in [-0.15, -0.1) is 0 Å². The summed E-state index contributed by atoms with van der Waals surface area (Å²) in [6.45, 7) is 0.692. The second-order valence-electron chi connectivity index (χ2n) is 2.32. The van der Waals surface area contributed by atoms with E-state index in [1.54, 1.807) is 6.08 Å². The van der Waals surface area contributed by atoms with Crippen molar-refractivity contribution in [2.24, 2.45) is 0 Å². The summed E-state index contributed by atoms with van der Waals surface area (Å²) in [5, 5.41) is 8.90. The van der Waals surface area contributed by atoms with Crippen LogP contribution in [0.25, 0.3) is 0 Å². The van der Waals surface area contributed by atoms with Crippen LogP contribution in [-0.4, -0.2) is 17.8 Å². The Labute approximate surface area is 58.6 Å². The van der Waals surface area contributed by atoms with Crippen LogP contribution < -0.4 is 0 Å². The molecule has 10 heavy (non-hydrogen) atoms. The summed E-state index contributed by atoms with van der Waals surface area (Å²) in [5.74, 6) is 0.817. The lowest BCUT2D eigenvalue weighted by Crippen LogP contribution is -2.13. The molecule has 2 aliphatic heterocycles. The third-order valence-electron chi connectivity index (χ3n) is 1.62. The molecule has 2 aliphatic rings. The van der Waals surface area contributed by atoms with Gasteiger partial charge in [0.1, 0.15) is 5.76 Å². The lowest BCUT2D eigenvalue weighted by atomic mass is 10.2. The predicted octanol–water partition coefficient (Wildman–Crippen LogP) is 1.09. The van der Waals surface area contributed by atoms with Crippen LogP contribution in [0.5, 0.6) is 0 Å². The van der Waals surface area contributed by atoms with Crippen molar-refractivity contribution in [3.8, 4) is 0 Å². The van der Waals surface area contributed by atoms with Crippen molar-refractivity contribution in [2.45, 2.75) is 12.5 Å². The minimum atomic E-state index is -0.0370. The number of rotatable bonds is 0. The Morgan fingerprint density at radius 2 is 2.40 bits per heavy atom. The van der Waals surface area contributed by atoms with E-state index in [0.717, 1.165) is 12.2 Å². The second kappa shape index (κ2) is 1.94. The minimum absolute atomic E-state index is 0.0146.